The quantitative estimate of drug-likeness (QED) is 0.390. The summed E-state index contributed by atoms with van der Waals surface area (Å²) in [6.45, 7) is 3.14. The minimum Gasteiger partial charge on any atom is -0.330 e. The Morgan fingerprint density at radius 2 is 1.47 bits per heavy atom. The predicted octanol–water partition coefficient (Wildman–Crippen LogP) is -0.836. The van der Waals surface area contributed by atoms with Gasteiger partial charge in [0, 0.05) is 6.54 Å². The Hall–Kier alpha value is 0.0300. The van der Waals surface area contributed by atoms with E-state index >= 15 is 0 Å². The molecule has 0 spiro atoms. The van der Waals surface area contributed by atoms with Gasteiger partial charge < -0.3 is 26.2 Å². The van der Waals surface area contributed by atoms with Crippen LogP contribution < -0.4 is 11.5 Å². The lowest BCUT2D eigenvalue weighted by Crippen LogP contribution is -2.31. The molecule has 0 unspecified atom stereocenters. The Bertz CT molecular complexity index is 190. The Balaban J connectivity index is 3.83. The van der Waals surface area contributed by atoms with Crippen molar-refractivity contribution in [3.63, 3.8) is 0 Å². The number of nitrogens with two attached hydrogens (primary N) is 2. The largest absolute Gasteiger partial charge is 0.330 e. The fourth-order valence-electron chi connectivity index (χ4n) is 1.24. The Morgan fingerprint density at radius 1 is 1.00 bits per heavy atom. The molecule has 0 radical (unpaired) electrons. The van der Waals surface area contributed by atoms with E-state index < -0.39 is 7.60 Å². The maximum absolute atomic E-state index is 10.7. The van der Waals surface area contributed by atoms with Gasteiger partial charge in [-0.15, -0.1) is 0 Å². The monoisotopic (exact) mass is 239 g/mol. The number of rotatable bonds is 9. The summed E-state index contributed by atoms with van der Waals surface area (Å²) in [7, 11) is -3.89. The zero-order chi connectivity index (χ0) is 11.7. The first kappa shape index (κ1) is 15.0. The highest BCUT2D eigenvalue weighted by Gasteiger charge is 2.15. The third-order valence-corrected chi connectivity index (χ3v) is 2.85. The molecule has 0 aromatic rings. The summed E-state index contributed by atoms with van der Waals surface area (Å²) < 4.78 is 10.7. The number of hydrogen-bond donors (Lipinski definition) is 4. The van der Waals surface area contributed by atoms with Crippen LogP contribution in [0.15, 0.2) is 0 Å². The van der Waals surface area contributed by atoms with Gasteiger partial charge in [0.2, 0.25) is 0 Å². The van der Waals surface area contributed by atoms with E-state index in [1.807, 2.05) is 4.90 Å². The van der Waals surface area contributed by atoms with Gasteiger partial charge >= 0.3 is 7.60 Å². The second kappa shape index (κ2) is 8.21. The Morgan fingerprint density at radius 3 is 1.80 bits per heavy atom. The molecule has 6 N–H and O–H groups in total. The van der Waals surface area contributed by atoms with Crippen molar-refractivity contribution in [1.82, 2.24) is 4.90 Å². The molecule has 0 heterocycles. The lowest BCUT2D eigenvalue weighted by atomic mass is 10.3. The molecule has 0 aliphatic heterocycles. The van der Waals surface area contributed by atoms with Gasteiger partial charge in [-0.3, -0.25) is 4.57 Å². The van der Waals surface area contributed by atoms with Gasteiger partial charge in [0.1, 0.15) is 0 Å². The van der Waals surface area contributed by atoms with Crippen LogP contribution in [0.25, 0.3) is 0 Å². The second-order valence-electron chi connectivity index (χ2n) is 3.51. The first-order valence-corrected chi connectivity index (χ1v) is 6.96. The maximum atomic E-state index is 10.7. The standard InChI is InChI=1S/C8H22N3O3P/c9-3-1-5-11(6-2-4-10)7-8-15(12,13)14/h1-10H2,(H2,12,13,14). The average molecular weight is 239 g/mol. The molecule has 0 fully saturated rings. The molecule has 0 aliphatic rings. The van der Waals surface area contributed by atoms with Gasteiger partial charge in [-0.05, 0) is 39.0 Å². The lowest BCUT2D eigenvalue weighted by molar-refractivity contribution is 0.276. The van der Waals surface area contributed by atoms with Crippen molar-refractivity contribution < 1.29 is 14.4 Å². The topological polar surface area (TPSA) is 113 Å². The van der Waals surface area contributed by atoms with E-state index in [9.17, 15) is 4.57 Å². The second-order valence-corrected chi connectivity index (χ2v) is 5.29. The average Bonchev–Trinajstić information content (AvgIpc) is 2.15. The smallest absolute Gasteiger partial charge is 0.326 e. The van der Waals surface area contributed by atoms with E-state index in [4.69, 9.17) is 21.3 Å². The third-order valence-electron chi connectivity index (χ3n) is 2.06. The van der Waals surface area contributed by atoms with Gasteiger partial charge in [-0.25, -0.2) is 0 Å². The van der Waals surface area contributed by atoms with Crippen molar-refractivity contribution in [2.45, 2.75) is 12.8 Å². The molecule has 0 aromatic carbocycles. The summed E-state index contributed by atoms with van der Waals surface area (Å²) in [6, 6.07) is 0. The SMILES string of the molecule is NCCCN(CCCN)CCP(=O)(O)O. The molecule has 0 saturated carbocycles. The first-order chi connectivity index (χ1) is 6.99. The maximum Gasteiger partial charge on any atom is 0.326 e. The van der Waals surface area contributed by atoms with Crippen molar-refractivity contribution in [3.05, 3.63) is 0 Å². The summed E-state index contributed by atoms with van der Waals surface area (Å²) in [4.78, 5) is 19.5. The van der Waals surface area contributed by atoms with Gasteiger partial charge in [0.05, 0.1) is 6.16 Å². The fraction of sp³-hybridized carbons (Fsp3) is 1.00. The minimum atomic E-state index is -3.89. The summed E-state index contributed by atoms with van der Waals surface area (Å²) in [5.41, 5.74) is 10.8. The van der Waals surface area contributed by atoms with E-state index in [1.165, 1.54) is 0 Å². The highest BCUT2D eigenvalue weighted by molar-refractivity contribution is 7.51. The molecular weight excluding hydrogens is 217 g/mol. The third kappa shape index (κ3) is 10.3. The van der Waals surface area contributed by atoms with Crippen molar-refractivity contribution in [2.75, 3.05) is 38.9 Å². The van der Waals surface area contributed by atoms with Crippen LogP contribution in [0.2, 0.25) is 0 Å². The summed E-state index contributed by atoms with van der Waals surface area (Å²) in [5, 5.41) is 0. The first-order valence-electron chi connectivity index (χ1n) is 5.16. The van der Waals surface area contributed by atoms with E-state index in [-0.39, 0.29) is 6.16 Å². The highest BCUT2D eigenvalue weighted by atomic mass is 31.2. The Labute approximate surface area is 90.8 Å². The van der Waals surface area contributed by atoms with E-state index in [0.29, 0.717) is 19.6 Å². The molecule has 0 amide bonds. The van der Waals surface area contributed by atoms with Gasteiger partial charge in [0.25, 0.3) is 0 Å². The fourth-order valence-corrected chi connectivity index (χ4v) is 1.78. The van der Waals surface area contributed by atoms with Crippen LogP contribution in [0.5, 0.6) is 0 Å². The molecule has 7 heteroatoms. The predicted molar refractivity (Wildman–Crippen MR) is 60.7 cm³/mol. The molecule has 0 saturated heterocycles. The van der Waals surface area contributed by atoms with Crippen molar-refractivity contribution >= 4 is 7.60 Å². The van der Waals surface area contributed by atoms with Crippen LogP contribution in [0.3, 0.4) is 0 Å². The minimum absolute atomic E-state index is 0.0951. The van der Waals surface area contributed by atoms with Gasteiger partial charge in [-0.1, -0.05) is 0 Å². The van der Waals surface area contributed by atoms with Gasteiger partial charge in [0.15, 0.2) is 0 Å². The number of hydrogen-bond acceptors (Lipinski definition) is 4. The molecule has 6 nitrogen and oxygen atoms in total. The Kier molecular flexibility index (Phi) is 8.23. The van der Waals surface area contributed by atoms with E-state index in [2.05, 4.69) is 0 Å². The summed E-state index contributed by atoms with van der Waals surface area (Å²) in [6.07, 6.45) is 1.58. The van der Waals surface area contributed by atoms with Crippen LogP contribution in [-0.4, -0.2) is 53.6 Å². The van der Waals surface area contributed by atoms with E-state index in [1.54, 1.807) is 0 Å². The number of nitrogens with zero attached hydrogens (tertiary/aromatic N) is 1. The van der Waals surface area contributed by atoms with Crippen LogP contribution in [0.1, 0.15) is 12.8 Å². The molecule has 15 heavy (non-hydrogen) atoms. The van der Waals surface area contributed by atoms with Crippen LogP contribution in [-0.2, 0) is 4.57 Å². The van der Waals surface area contributed by atoms with Crippen LogP contribution in [0, 0.1) is 0 Å². The van der Waals surface area contributed by atoms with E-state index in [0.717, 1.165) is 25.9 Å². The summed E-state index contributed by atoms with van der Waals surface area (Å²) >= 11 is 0. The molecule has 0 rings (SSSR count). The molecule has 0 aliphatic carbocycles. The molecular formula is C8H22N3O3P. The lowest BCUT2D eigenvalue weighted by Gasteiger charge is -2.21. The zero-order valence-electron chi connectivity index (χ0n) is 9.01. The summed E-state index contributed by atoms with van der Waals surface area (Å²) in [5.74, 6) is 0. The molecule has 0 aromatic heterocycles. The van der Waals surface area contributed by atoms with Crippen molar-refractivity contribution in [2.24, 2.45) is 11.5 Å². The van der Waals surface area contributed by atoms with Gasteiger partial charge in [-0.2, -0.15) is 0 Å². The van der Waals surface area contributed by atoms with Crippen molar-refractivity contribution in [1.29, 1.82) is 0 Å². The van der Waals surface area contributed by atoms with Crippen LogP contribution >= 0.6 is 7.60 Å². The highest BCUT2D eigenvalue weighted by Crippen LogP contribution is 2.33. The molecule has 92 valence electrons. The van der Waals surface area contributed by atoms with Crippen LogP contribution in [0.4, 0.5) is 0 Å². The molecule has 0 atom stereocenters. The molecule has 0 bridgehead atoms. The normalized spacial score (nSPS) is 12.3. The zero-order valence-corrected chi connectivity index (χ0v) is 9.90. The van der Waals surface area contributed by atoms with Crippen molar-refractivity contribution in [3.8, 4) is 0 Å².